The Hall–Kier alpha value is -4.09. The Bertz CT molecular complexity index is 2710. The molecule has 8 aromatic rings. The molecule has 50 heavy (non-hydrogen) atoms. The predicted molar refractivity (Wildman–Crippen MR) is 210 cm³/mol. The van der Waals surface area contributed by atoms with Crippen LogP contribution >= 0.6 is 0 Å². The topological polar surface area (TPSA) is 38.9 Å². The first-order valence-corrected chi connectivity index (χ1v) is 23.9. The van der Waals surface area contributed by atoms with Crippen molar-refractivity contribution in [1.82, 2.24) is 9.97 Å². The summed E-state index contributed by atoms with van der Waals surface area (Å²) in [4.78, 5) is 8.87. The Morgan fingerprint density at radius 2 is 1.52 bits per heavy atom. The molecule has 0 unspecified atom stereocenters. The van der Waals surface area contributed by atoms with E-state index in [1.807, 2.05) is 68.6 Å². The van der Waals surface area contributed by atoms with E-state index >= 15 is 0 Å². The van der Waals surface area contributed by atoms with Gasteiger partial charge in [0.1, 0.15) is 5.58 Å². The summed E-state index contributed by atoms with van der Waals surface area (Å²) in [5, 5.41) is 6.33. The third kappa shape index (κ3) is 7.07. The number of rotatable bonds is 5. The van der Waals surface area contributed by atoms with Crippen LogP contribution in [0, 0.1) is 12.1 Å². The first-order valence-electron chi connectivity index (χ1n) is 19.1. The number of furan rings is 1. The second-order valence-corrected chi connectivity index (χ2v) is 24.5. The molecule has 0 fully saturated rings. The number of aromatic nitrogens is 2. The van der Waals surface area contributed by atoms with Gasteiger partial charge in [0.25, 0.3) is 0 Å². The molecule has 3 heterocycles. The third-order valence-electron chi connectivity index (χ3n) is 8.86. The van der Waals surface area contributed by atoms with Gasteiger partial charge in [-0.3, -0.25) is 0 Å². The molecule has 0 aliphatic heterocycles. The fourth-order valence-corrected chi connectivity index (χ4v) is 9.59. The molecule has 0 saturated carbocycles. The summed E-state index contributed by atoms with van der Waals surface area (Å²) in [5.41, 5.74) is 5.11. The van der Waals surface area contributed by atoms with Crippen LogP contribution in [0.15, 0.2) is 120 Å². The summed E-state index contributed by atoms with van der Waals surface area (Å²) < 4.78 is 49.7. The molecular formula is C45H42GeIrN2O-2. The minimum absolute atomic E-state index is 0. The van der Waals surface area contributed by atoms with E-state index in [4.69, 9.17) is 11.3 Å². The molecule has 0 atom stereocenters. The average Bonchev–Trinajstić information content (AvgIpc) is 3.49. The fourth-order valence-electron chi connectivity index (χ4n) is 6.27. The minimum Gasteiger partial charge on any atom is -0.501 e. The summed E-state index contributed by atoms with van der Waals surface area (Å²) >= 11 is -2.03. The molecule has 8 rings (SSSR count). The van der Waals surface area contributed by atoms with Gasteiger partial charge in [-0.1, -0.05) is 72.8 Å². The van der Waals surface area contributed by atoms with Crippen LogP contribution < -0.4 is 4.40 Å². The van der Waals surface area contributed by atoms with E-state index in [0.29, 0.717) is 11.1 Å². The maximum absolute atomic E-state index is 8.75. The number of nitrogens with zero attached hydrogens (tertiary/aromatic N) is 2. The number of hydrogen-bond donors (Lipinski definition) is 0. The van der Waals surface area contributed by atoms with Crippen molar-refractivity contribution in [3.63, 3.8) is 0 Å². The van der Waals surface area contributed by atoms with Crippen LogP contribution in [0.2, 0.25) is 17.3 Å². The average molecular weight is 897 g/mol. The summed E-state index contributed by atoms with van der Waals surface area (Å²) in [6.07, 6.45) is 1.74. The normalized spacial score (nSPS) is 13.5. The zero-order valence-corrected chi connectivity index (χ0v) is 33.9. The molecule has 0 aliphatic rings. The maximum Gasteiger partial charge on any atom is 0.121 e. The van der Waals surface area contributed by atoms with E-state index < -0.39 is 25.1 Å². The van der Waals surface area contributed by atoms with Crippen LogP contribution in [0.25, 0.3) is 66.0 Å². The van der Waals surface area contributed by atoms with Crippen LogP contribution in [0.4, 0.5) is 0 Å². The van der Waals surface area contributed by atoms with Crippen molar-refractivity contribution in [3.05, 3.63) is 139 Å². The zero-order valence-electron chi connectivity index (χ0n) is 34.4. The molecule has 3 aromatic heterocycles. The number of pyridine rings is 2. The molecule has 0 aliphatic carbocycles. The molecule has 5 heteroatoms. The quantitative estimate of drug-likeness (QED) is 0.0981. The van der Waals surface area contributed by atoms with E-state index in [9.17, 15) is 0 Å². The van der Waals surface area contributed by atoms with Crippen LogP contribution in [0.3, 0.4) is 0 Å². The monoisotopic (exact) mass is 898 g/mol. The number of hydrogen-bond acceptors (Lipinski definition) is 3. The third-order valence-corrected chi connectivity index (χ3v) is 13.1. The van der Waals surface area contributed by atoms with E-state index in [2.05, 4.69) is 75.8 Å². The standard InChI is InChI=1S/C28H20NO.C17H22GeN.Ir/c1-17(2)19-12-13-29-26(15-19)23-9-5-8-22-25-14-20-11-10-18-6-3-4-7-21(18)24(20)16-27(25)30-28(22)23;1-13(2)15-11-17(14-9-7-6-8-10-14)19-12-16(15)18(3,4)5;/h3-8,10-17H,1-2H3;6-9,11-13H,1-5H3;/q2*-1;/i12D,13D,15D,17D;13D;. The van der Waals surface area contributed by atoms with E-state index in [0.717, 1.165) is 54.7 Å². The molecule has 0 amide bonds. The number of benzene rings is 5. The van der Waals surface area contributed by atoms with Crippen molar-refractivity contribution in [2.24, 2.45) is 0 Å². The Balaban J connectivity index is 0.000000211. The predicted octanol–water partition coefficient (Wildman–Crippen LogP) is 12.1. The largest absolute Gasteiger partial charge is 0.501 e. The van der Waals surface area contributed by atoms with Gasteiger partial charge in [-0.15, -0.1) is 18.2 Å². The SMILES string of the molecule is [2H]C(C)(C)c1cc(-c2[c-]cccc2)nc[c]1[Ge]([CH3])([CH3])[CH3].[2H]c1nc(-c2[c-]ccc3c2oc2cc4c(ccc5ccccc54)cc23)c([2H])c(C([2H])(C)C)c1[2H].[Ir]. The van der Waals surface area contributed by atoms with Gasteiger partial charge in [0.2, 0.25) is 0 Å². The van der Waals surface area contributed by atoms with Crippen molar-refractivity contribution in [1.29, 1.82) is 0 Å². The van der Waals surface area contributed by atoms with E-state index in [1.165, 1.54) is 4.40 Å². The van der Waals surface area contributed by atoms with Gasteiger partial charge in [-0.2, -0.15) is 0 Å². The first kappa shape index (κ1) is 29.6. The van der Waals surface area contributed by atoms with Gasteiger partial charge in [-0.25, -0.2) is 0 Å². The Labute approximate surface area is 318 Å². The van der Waals surface area contributed by atoms with Crippen molar-refractivity contribution in [3.8, 4) is 22.5 Å². The molecule has 0 N–H and O–H groups in total. The second-order valence-electron chi connectivity index (χ2n) is 13.9. The maximum atomic E-state index is 8.75. The Kier molecular flexibility index (Phi) is 8.67. The van der Waals surface area contributed by atoms with Gasteiger partial charge in [0.15, 0.2) is 0 Å². The molecule has 0 bridgehead atoms. The van der Waals surface area contributed by atoms with Crippen molar-refractivity contribution in [2.75, 3.05) is 0 Å². The fraction of sp³-hybridized carbons (Fsp3) is 0.200. The van der Waals surface area contributed by atoms with Crippen LogP contribution in [-0.2, 0) is 20.1 Å². The van der Waals surface area contributed by atoms with Gasteiger partial charge in [-0.05, 0) is 51.3 Å². The molecule has 1 radical (unpaired) electrons. The summed E-state index contributed by atoms with van der Waals surface area (Å²) in [6, 6.07) is 36.4. The molecule has 3 nitrogen and oxygen atoms in total. The van der Waals surface area contributed by atoms with Crippen molar-refractivity contribution >= 4 is 61.1 Å². The molecule has 253 valence electrons. The molecular weight excluding hydrogens is 849 g/mol. The smallest absolute Gasteiger partial charge is 0.121 e. The summed E-state index contributed by atoms with van der Waals surface area (Å²) in [7, 11) is 0. The van der Waals surface area contributed by atoms with E-state index in [-0.39, 0.29) is 49.6 Å². The molecule has 0 spiro atoms. The van der Waals surface area contributed by atoms with Gasteiger partial charge in [0.05, 0.1) is 9.70 Å². The van der Waals surface area contributed by atoms with Crippen molar-refractivity contribution in [2.45, 2.75) is 56.8 Å². The van der Waals surface area contributed by atoms with E-state index in [1.54, 1.807) is 19.9 Å². The summed E-state index contributed by atoms with van der Waals surface area (Å²) in [5.74, 6) is 5.23. The van der Waals surface area contributed by atoms with Crippen LogP contribution in [0.1, 0.15) is 57.5 Å². The minimum atomic E-state index is -2.03. The Morgan fingerprint density at radius 3 is 2.26 bits per heavy atom. The van der Waals surface area contributed by atoms with Crippen molar-refractivity contribution < 1.29 is 31.4 Å². The first-order chi connectivity index (χ1) is 25.4. The zero-order chi connectivity index (χ0) is 38.7. The molecule has 0 saturated heterocycles. The Morgan fingerprint density at radius 1 is 0.740 bits per heavy atom. The van der Waals surface area contributed by atoms with Crippen LogP contribution in [0.5, 0.6) is 0 Å². The van der Waals surface area contributed by atoms with Crippen LogP contribution in [-0.4, -0.2) is 23.2 Å². The second kappa shape index (κ2) is 14.6. The molecule has 5 aromatic carbocycles. The van der Waals surface area contributed by atoms with Gasteiger partial charge < -0.3 is 9.40 Å². The van der Waals surface area contributed by atoms with Gasteiger partial charge in [0, 0.05) is 33.0 Å². The van der Waals surface area contributed by atoms with Gasteiger partial charge >= 0.3 is 120 Å². The summed E-state index contributed by atoms with van der Waals surface area (Å²) in [6.45, 7) is 7.14. The number of fused-ring (bicyclic) bond motifs is 6.